The SMILES string of the molecule is CC(C)(C)SCCNS(=O)(=O)C1=NCc2ncccc21.CC(C)C(NS(=O)(=O)C1=NCc2ncccc21)C(C)C.C[C@@H](O)[C@@H](CO)NS(=O)(=O)C1=NCc2ncccc21.Cc1cc(SCCNS(=O)(=O)C2=NCc3ncccc32)c2ccccc2n1. The minimum absolute atomic E-state index is 0.0841. The lowest BCUT2D eigenvalue weighted by Gasteiger charge is -2.25. The molecule has 4 aliphatic rings. The molecule has 4 aliphatic heterocycles. The summed E-state index contributed by atoms with van der Waals surface area (Å²) in [5, 5.41) is 19.7. The average molecular weight is 1290 g/mol. The second-order valence-corrected chi connectivity index (χ2v) is 31.3. The lowest BCUT2D eigenvalue weighted by atomic mass is 9.94. The second kappa shape index (κ2) is 29.4. The zero-order valence-electron chi connectivity index (χ0n) is 49.2. The summed E-state index contributed by atoms with van der Waals surface area (Å²) in [5.74, 6) is 1.79. The Balaban J connectivity index is 0.000000166. The third-order valence-corrected chi connectivity index (χ3v) is 21.3. The number of pyridine rings is 5. The lowest BCUT2D eigenvalue weighted by molar-refractivity contribution is 0.116. The summed E-state index contributed by atoms with van der Waals surface area (Å²) >= 11 is 3.34. The van der Waals surface area contributed by atoms with Crippen LogP contribution in [-0.4, -0.2) is 143 Å². The quantitative estimate of drug-likeness (QED) is 0.0475. The number of sulfonamides is 4. The maximum absolute atomic E-state index is 12.6. The van der Waals surface area contributed by atoms with E-state index >= 15 is 0 Å². The third-order valence-electron chi connectivity index (χ3n) is 13.2. The first-order chi connectivity index (χ1) is 40.6. The molecule has 1 aromatic carbocycles. The van der Waals surface area contributed by atoms with Crippen LogP contribution in [0.3, 0.4) is 0 Å². The molecule has 2 atom stereocenters. The fourth-order valence-electron chi connectivity index (χ4n) is 9.10. The number of para-hydroxylation sites is 1. The molecule has 0 bridgehead atoms. The van der Waals surface area contributed by atoms with Crippen LogP contribution in [0.1, 0.15) is 106 Å². The molecule has 0 fully saturated rings. The Morgan fingerprint density at radius 2 is 0.942 bits per heavy atom. The minimum atomic E-state index is -3.89. The predicted octanol–water partition coefficient (Wildman–Crippen LogP) is 5.65. The third kappa shape index (κ3) is 17.7. The van der Waals surface area contributed by atoms with Gasteiger partial charge in [-0.25, -0.2) is 52.6 Å². The molecule has 0 saturated heterocycles. The Hall–Kier alpha value is -5.83. The Morgan fingerprint density at radius 1 is 0.547 bits per heavy atom. The molecule has 29 heteroatoms. The summed E-state index contributed by atoms with van der Waals surface area (Å²) < 4.78 is 110. The molecule has 0 spiro atoms. The topological polar surface area (TPSA) is 339 Å². The first-order valence-electron chi connectivity index (χ1n) is 27.5. The van der Waals surface area contributed by atoms with Gasteiger partial charge in [0, 0.05) is 98.4 Å². The number of hydrogen-bond donors (Lipinski definition) is 6. The largest absolute Gasteiger partial charge is 0.395 e. The number of aliphatic hydroxyl groups excluding tert-OH is 2. The number of fused-ring (bicyclic) bond motifs is 5. The summed E-state index contributed by atoms with van der Waals surface area (Å²) in [6.45, 7) is 19.1. The fourth-order valence-corrected chi connectivity index (χ4v) is 16.8. The molecule has 10 rings (SSSR count). The molecule has 9 heterocycles. The van der Waals surface area contributed by atoms with Gasteiger partial charge in [0.25, 0.3) is 40.1 Å². The molecule has 86 heavy (non-hydrogen) atoms. The van der Waals surface area contributed by atoms with Gasteiger partial charge in [-0.3, -0.25) is 44.9 Å². The highest BCUT2D eigenvalue weighted by Crippen LogP contribution is 2.29. The van der Waals surface area contributed by atoms with Gasteiger partial charge >= 0.3 is 0 Å². The number of nitrogens with one attached hydrogen (secondary N) is 4. The number of aromatic nitrogens is 5. The highest BCUT2D eigenvalue weighted by Gasteiger charge is 2.34. The van der Waals surface area contributed by atoms with Crippen molar-refractivity contribution in [3.63, 3.8) is 0 Å². The van der Waals surface area contributed by atoms with Crippen LogP contribution in [0, 0.1) is 18.8 Å². The van der Waals surface area contributed by atoms with E-state index in [2.05, 4.69) is 84.5 Å². The van der Waals surface area contributed by atoms with E-state index in [9.17, 15) is 38.8 Å². The summed E-state index contributed by atoms with van der Waals surface area (Å²) in [5.41, 5.74) is 6.91. The molecule has 0 radical (unpaired) electrons. The molecule has 0 unspecified atom stereocenters. The van der Waals surface area contributed by atoms with Crippen LogP contribution in [0.2, 0.25) is 0 Å². The van der Waals surface area contributed by atoms with E-state index in [1.54, 1.807) is 96.8 Å². The number of hydrogen-bond acceptors (Lipinski definition) is 21. The van der Waals surface area contributed by atoms with Gasteiger partial charge in [-0.15, -0.1) is 11.8 Å². The van der Waals surface area contributed by atoms with Crippen LogP contribution < -0.4 is 18.9 Å². The van der Waals surface area contributed by atoms with E-state index in [1.807, 2.05) is 65.0 Å². The maximum Gasteiger partial charge on any atom is 0.258 e. The number of aliphatic imine (C=N–C) groups is 4. The van der Waals surface area contributed by atoms with Crippen molar-refractivity contribution in [3.05, 3.63) is 154 Å². The number of benzene rings is 1. The first kappa shape index (κ1) is 67.7. The van der Waals surface area contributed by atoms with Crippen LogP contribution in [-0.2, 0) is 66.3 Å². The molecule has 23 nitrogen and oxygen atoms in total. The van der Waals surface area contributed by atoms with Gasteiger partial charge < -0.3 is 10.2 Å². The fraction of sp³-hybridized carbons (Fsp3) is 0.421. The second-order valence-electron chi connectivity index (χ2n) is 21.6. The van der Waals surface area contributed by atoms with E-state index in [1.165, 1.54) is 6.92 Å². The van der Waals surface area contributed by atoms with E-state index in [4.69, 9.17) is 5.11 Å². The van der Waals surface area contributed by atoms with Crippen molar-refractivity contribution in [1.29, 1.82) is 0 Å². The number of rotatable bonds is 17. The first-order valence-corrected chi connectivity index (χ1v) is 35.4. The van der Waals surface area contributed by atoms with Crippen LogP contribution in [0.4, 0.5) is 0 Å². The van der Waals surface area contributed by atoms with Crippen molar-refractivity contribution < 1.29 is 43.9 Å². The van der Waals surface area contributed by atoms with E-state index in [-0.39, 0.29) is 49.3 Å². The number of nitrogens with zero attached hydrogens (tertiary/aromatic N) is 9. The molecular weight excluding hydrogens is 1220 g/mol. The van der Waals surface area contributed by atoms with E-state index in [0.29, 0.717) is 72.1 Å². The highest BCUT2D eigenvalue weighted by atomic mass is 32.2. The summed E-state index contributed by atoms with van der Waals surface area (Å²) in [4.78, 5) is 38.5. The zero-order valence-corrected chi connectivity index (χ0v) is 54.1. The van der Waals surface area contributed by atoms with Gasteiger partial charge in [0.2, 0.25) is 0 Å². The monoisotopic (exact) mass is 1290 g/mol. The number of aryl methyl sites for hydroxylation is 1. The molecule has 6 aromatic rings. The van der Waals surface area contributed by atoms with Crippen LogP contribution in [0.15, 0.2) is 129 Å². The smallest absolute Gasteiger partial charge is 0.258 e. The van der Waals surface area contributed by atoms with Gasteiger partial charge in [0.15, 0.2) is 20.2 Å². The molecule has 0 amide bonds. The van der Waals surface area contributed by atoms with Gasteiger partial charge in [-0.1, -0.05) is 66.7 Å². The predicted molar refractivity (Wildman–Crippen MR) is 341 cm³/mol. The summed E-state index contributed by atoms with van der Waals surface area (Å²) in [6.07, 6.45) is 5.52. The Morgan fingerprint density at radius 3 is 1.34 bits per heavy atom. The van der Waals surface area contributed by atoms with Gasteiger partial charge in [-0.05, 0) is 86.3 Å². The van der Waals surface area contributed by atoms with Crippen molar-refractivity contribution in [2.45, 2.75) is 116 Å². The van der Waals surface area contributed by atoms with Gasteiger partial charge in [0.05, 0.1) is 73.2 Å². The van der Waals surface area contributed by atoms with Crippen LogP contribution in [0.5, 0.6) is 0 Å². The van der Waals surface area contributed by atoms with Gasteiger partial charge in [-0.2, -0.15) is 11.8 Å². The Bertz CT molecular complexity index is 3980. The van der Waals surface area contributed by atoms with Crippen LogP contribution >= 0.6 is 23.5 Å². The normalized spacial score (nSPS) is 15.2. The lowest BCUT2D eigenvalue weighted by Crippen LogP contribution is -2.46. The molecule has 6 N–H and O–H groups in total. The van der Waals surface area contributed by atoms with Crippen molar-refractivity contribution in [2.24, 2.45) is 31.8 Å². The van der Waals surface area contributed by atoms with Crippen LogP contribution in [0.25, 0.3) is 10.9 Å². The Kier molecular flexibility index (Phi) is 23.2. The molecule has 0 saturated carbocycles. The highest BCUT2D eigenvalue weighted by molar-refractivity contribution is 8.06. The average Bonchev–Trinajstić information content (AvgIpc) is 1.93. The van der Waals surface area contributed by atoms with E-state index < -0.39 is 58.8 Å². The minimum Gasteiger partial charge on any atom is -0.395 e. The Labute approximate surface area is 512 Å². The standard InChI is InChI=1S/C19H18N4O2S2.C14H21N3O2S.C13H19N3O2S2.C11H15N3O4S/c1-13-11-18(14-5-2-3-7-16(14)23-13)26-10-9-22-27(24,25)19-15-6-4-8-20-17(15)12-21-19;1-9(2)13(10(3)4)17-20(18,19)14-11-6-5-7-15-12(11)8-16-14;1-13(2,3)19-8-7-16-20(17,18)12-10-5-4-6-14-11(10)9-15-12;1-7(16)10(6-15)14-19(17,18)11-8-3-2-4-12-9(8)5-13-11/h2-8,11,22H,9-10,12H2,1H3;5-7,9-10,13,17H,8H2,1-4H3;4-6,16H,7-9H2,1-3H3;2-4,7,10,14-16H,5-6H2,1H3/t;;;7-,10-/m...1/s1. The maximum atomic E-state index is 12.6. The number of thioether (sulfide) groups is 2. The molecule has 462 valence electrons. The zero-order chi connectivity index (χ0) is 62.6. The molecular formula is C57H73N13O10S6. The molecule has 5 aromatic heterocycles. The van der Waals surface area contributed by atoms with E-state index in [0.717, 1.165) is 38.6 Å². The summed E-state index contributed by atoms with van der Waals surface area (Å²) in [7, 11) is -14.7. The molecule has 0 aliphatic carbocycles. The summed E-state index contributed by atoms with van der Waals surface area (Å²) in [6, 6.07) is 22.6. The number of aliphatic hydroxyl groups is 2. The van der Waals surface area contributed by atoms with Crippen molar-refractivity contribution in [3.8, 4) is 0 Å². The van der Waals surface area contributed by atoms with Crippen molar-refractivity contribution >= 4 is 94.7 Å². The van der Waals surface area contributed by atoms with Crippen molar-refractivity contribution in [1.82, 2.24) is 43.8 Å². The van der Waals surface area contributed by atoms with Gasteiger partial charge in [0.1, 0.15) is 0 Å². The van der Waals surface area contributed by atoms with Crippen molar-refractivity contribution in [2.75, 3.05) is 31.2 Å².